The third-order valence-corrected chi connectivity index (χ3v) is 6.58. The first-order valence-corrected chi connectivity index (χ1v) is 11.4. The summed E-state index contributed by atoms with van der Waals surface area (Å²) in [6.45, 7) is 1.03. The van der Waals surface area contributed by atoms with E-state index in [0.29, 0.717) is 6.07 Å². The molecular formula is C27H20F7NO4. The second-order valence-electron chi connectivity index (χ2n) is 8.95. The fraction of sp³-hybridized carbons (Fsp3) is 0.259. The van der Waals surface area contributed by atoms with E-state index in [1.165, 1.54) is 13.1 Å². The summed E-state index contributed by atoms with van der Waals surface area (Å²) in [5.74, 6) is -6.89. The molecule has 0 aliphatic rings. The summed E-state index contributed by atoms with van der Waals surface area (Å²) in [6.07, 6.45) is -10.00. The second kappa shape index (κ2) is 9.90. The Labute approximate surface area is 216 Å². The molecule has 4 aromatic rings. The highest BCUT2D eigenvalue weighted by Gasteiger charge is 2.47. The Morgan fingerprint density at radius 1 is 0.949 bits per heavy atom. The largest absolute Gasteiger partial charge is 0.465 e. The molecule has 0 N–H and O–H groups in total. The minimum Gasteiger partial charge on any atom is -0.465 e. The smallest absolute Gasteiger partial charge is 0.419 e. The maximum Gasteiger partial charge on any atom is 0.419 e. The van der Waals surface area contributed by atoms with Crippen LogP contribution >= 0.6 is 0 Å². The van der Waals surface area contributed by atoms with Gasteiger partial charge < -0.3 is 9.15 Å². The van der Waals surface area contributed by atoms with Crippen LogP contribution in [0.3, 0.4) is 0 Å². The summed E-state index contributed by atoms with van der Waals surface area (Å²) in [7, 11) is 2.33. The van der Waals surface area contributed by atoms with Gasteiger partial charge in [-0.05, 0) is 58.5 Å². The average molecular weight is 555 g/mol. The van der Waals surface area contributed by atoms with E-state index in [1.807, 2.05) is 0 Å². The van der Waals surface area contributed by atoms with Crippen molar-refractivity contribution in [3.63, 3.8) is 0 Å². The number of alkyl halides is 6. The van der Waals surface area contributed by atoms with E-state index in [1.54, 1.807) is 0 Å². The Hall–Kier alpha value is -4.09. The van der Waals surface area contributed by atoms with Crippen molar-refractivity contribution in [2.24, 2.45) is 7.05 Å². The number of aryl methyl sites for hydroxylation is 1. The van der Waals surface area contributed by atoms with Gasteiger partial charge in [-0.3, -0.25) is 4.57 Å². The predicted octanol–water partition coefficient (Wildman–Crippen LogP) is 7.19. The fourth-order valence-electron chi connectivity index (χ4n) is 4.63. The Balaban J connectivity index is 1.83. The number of halogens is 7. The topological polar surface area (TPSA) is 61.4 Å². The lowest BCUT2D eigenvalue weighted by atomic mass is 9.79. The van der Waals surface area contributed by atoms with Gasteiger partial charge >= 0.3 is 24.1 Å². The summed E-state index contributed by atoms with van der Waals surface area (Å²) in [6, 6.07) is 9.12. The van der Waals surface area contributed by atoms with Crippen molar-refractivity contribution in [3.8, 4) is 11.1 Å². The molecule has 0 aliphatic carbocycles. The summed E-state index contributed by atoms with van der Waals surface area (Å²) < 4.78 is 110. The van der Waals surface area contributed by atoms with Crippen LogP contribution in [0.2, 0.25) is 0 Å². The van der Waals surface area contributed by atoms with Crippen molar-refractivity contribution in [2.75, 3.05) is 7.11 Å². The molecule has 2 unspecified atom stereocenters. The number of ether oxygens (including phenoxy) is 1. The number of esters is 1. The number of methoxy groups -OCH3 is 1. The zero-order chi connectivity index (χ0) is 28.9. The van der Waals surface area contributed by atoms with Gasteiger partial charge in [-0.2, -0.15) is 26.3 Å². The number of fused-ring (bicyclic) bond motifs is 1. The van der Waals surface area contributed by atoms with Gasteiger partial charge in [-0.25, -0.2) is 14.0 Å². The molecule has 12 heteroatoms. The molecule has 3 aromatic carbocycles. The molecular weight excluding hydrogens is 535 g/mol. The molecule has 0 saturated carbocycles. The van der Waals surface area contributed by atoms with Gasteiger partial charge in [0.1, 0.15) is 5.82 Å². The van der Waals surface area contributed by atoms with Crippen LogP contribution in [0, 0.1) is 5.82 Å². The summed E-state index contributed by atoms with van der Waals surface area (Å²) >= 11 is 0. The lowest BCUT2D eigenvalue weighted by Crippen LogP contribution is -2.27. The molecule has 206 valence electrons. The maximum absolute atomic E-state index is 14.4. The third-order valence-electron chi connectivity index (χ3n) is 6.58. The molecule has 4 rings (SSSR count). The normalized spacial score (nSPS) is 13.9. The van der Waals surface area contributed by atoms with E-state index in [2.05, 4.69) is 4.74 Å². The number of benzene rings is 3. The summed E-state index contributed by atoms with van der Waals surface area (Å²) in [4.78, 5) is 23.4. The van der Waals surface area contributed by atoms with Crippen LogP contribution in [-0.2, 0) is 18.0 Å². The van der Waals surface area contributed by atoms with Crippen molar-refractivity contribution in [1.29, 1.82) is 0 Å². The highest BCUT2D eigenvalue weighted by Crippen LogP contribution is 2.48. The first kappa shape index (κ1) is 27.9. The monoisotopic (exact) mass is 555 g/mol. The number of rotatable bonds is 5. The van der Waals surface area contributed by atoms with Crippen molar-refractivity contribution < 1.29 is 44.7 Å². The number of hydrogen-bond donors (Lipinski definition) is 0. The van der Waals surface area contributed by atoms with E-state index in [0.717, 1.165) is 61.1 Å². The van der Waals surface area contributed by atoms with Crippen LogP contribution in [0.25, 0.3) is 22.2 Å². The first-order chi connectivity index (χ1) is 18.1. The fourth-order valence-corrected chi connectivity index (χ4v) is 4.63. The second-order valence-corrected chi connectivity index (χ2v) is 8.95. The van der Waals surface area contributed by atoms with Crippen LogP contribution in [0.1, 0.15) is 45.8 Å². The zero-order valence-corrected chi connectivity index (χ0v) is 20.6. The van der Waals surface area contributed by atoms with E-state index < -0.39 is 58.4 Å². The van der Waals surface area contributed by atoms with Crippen molar-refractivity contribution in [1.82, 2.24) is 4.57 Å². The number of nitrogens with zero attached hydrogens (tertiary/aromatic N) is 1. The van der Waals surface area contributed by atoms with E-state index >= 15 is 0 Å². The molecule has 0 radical (unpaired) electrons. The van der Waals surface area contributed by atoms with Gasteiger partial charge in [-0.1, -0.05) is 31.2 Å². The minimum absolute atomic E-state index is 0.0245. The van der Waals surface area contributed by atoms with Gasteiger partial charge in [0.25, 0.3) is 0 Å². The molecule has 0 spiro atoms. The molecule has 1 heterocycles. The standard InChI is InChI=1S/C27H20F7NO4/c1-13(23(27(32,33)34)16-6-9-22-21(12-16)35(2)25(37)39-22)17-7-4-14(10-19(17)26(29,30)31)15-5-8-18(20(28)11-15)24(36)38-3/h4-13,23H,1-3H3. The van der Waals surface area contributed by atoms with Crippen molar-refractivity contribution >= 4 is 17.1 Å². The Morgan fingerprint density at radius 2 is 1.59 bits per heavy atom. The van der Waals surface area contributed by atoms with Crippen molar-refractivity contribution in [2.45, 2.75) is 31.1 Å². The maximum atomic E-state index is 14.4. The number of oxazole rings is 1. The van der Waals surface area contributed by atoms with Gasteiger partial charge in [0.05, 0.1) is 29.7 Å². The van der Waals surface area contributed by atoms with E-state index in [9.17, 15) is 40.3 Å². The molecule has 39 heavy (non-hydrogen) atoms. The van der Waals surface area contributed by atoms with E-state index in [4.69, 9.17) is 4.42 Å². The average Bonchev–Trinajstić information content (AvgIpc) is 3.14. The summed E-state index contributed by atoms with van der Waals surface area (Å²) in [5.41, 5.74) is -2.78. The lowest BCUT2D eigenvalue weighted by molar-refractivity contribution is -0.157. The van der Waals surface area contributed by atoms with Crippen LogP contribution in [0.5, 0.6) is 0 Å². The highest BCUT2D eigenvalue weighted by molar-refractivity contribution is 5.90. The van der Waals surface area contributed by atoms with Crippen LogP contribution in [0.15, 0.2) is 63.8 Å². The molecule has 5 nitrogen and oxygen atoms in total. The molecule has 0 saturated heterocycles. The molecule has 0 bridgehead atoms. The number of hydrogen-bond acceptors (Lipinski definition) is 4. The van der Waals surface area contributed by atoms with Gasteiger partial charge in [-0.15, -0.1) is 0 Å². The summed E-state index contributed by atoms with van der Waals surface area (Å²) in [5, 5.41) is 0. The lowest BCUT2D eigenvalue weighted by Gasteiger charge is -2.29. The van der Waals surface area contributed by atoms with Gasteiger partial charge in [0.15, 0.2) is 5.58 Å². The van der Waals surface area contributed by atoms with Gasteiger partial charge in [0.2, 0.25) is 0 Å². The SMILES string of the molecule is COC(=O)c1ccc(-c2ccc(C(C)C(c3ccc4oc(=O)n(C)c4c3)C(F)(F)F)c(C(F)(F)F)c2)cc1F. The van der Waals surface area contributed by atoms with Crippen molar-refractivity contribution in [3.05, 3.63) is 93.2 Å². The first-order valence-electron chi connectivity index (χ1n) is 11.4. The zero-order valence-electron chi connectivity index (χ0n) is 20.6. The Morgan fingerprint density at radius 3 is 2.18 bits per heavy atom. The minimum atomic E-state index is -5.04. The van der Waals surface area contributed by atoms with Crippen LogP contribution < -0.4 is 5.76 Å². The van der Waals surface area contributed by atoms with E-state index in [-0.39, 0.29) is 27.8 Å². The Kier molecular flexibility index (Phi) is 7.09. The molecule has 0 aliphatic heterocycles. The molecule has 1 aromatic heterocycles. The van der Waals surface area contributed by atoms with Gasteiger partial charge in [0, 0.05) is 7.05 Å². The number of carbonyl (C=O) groups is 1. The molecule has 0 amide bonds. The molecule has 0 fully saturated rings. The van der Waals surface area contributed by atoms with Crippen LogP contribution in [0.4, 0.5) is 30.7 Å². The number of aromatic nitrogens is 1. The predicted molar refractivity (Wildman–Crippen MR) is 127 cm³/mol. The Bertz CT molecular complexity index is 1620. The van der Waals surface area contributed by atoms with Crippen LogP contribution in [-0.4, -0.2) is 23.8 Å². The number of carbonyl (C=O) groups excluding carboxylic acids is 1. The highest BCUT2D eigenvalue weighted by atomic mass is 19.4. The third kappa shape index (κ3) is 5.27. The molecule has 2 atom stereocenters. The quantitative estimate of drug-likeness (QED) is 0.193.